The lowest BCUT2D eigenvalue weighted by atomic mass is 9.87. The van der Waals surface area contributed by atoms with Gasteiger partial charge in [-0.25, -0.2) is 9.45 Å². The van der Waals surface area contributed by atoms with Crippen LogP contribution in [0, 0.1) is 5.82 Å². The van der Waals surface area contributed by atoms with Gasteiger partial charge in [-0.1, -0.05) is 30.3 Å². The average molecular weight is 355 g/mol. The van der Waals surface area contributed by atoms with Crippen LogP contribution in [0.4, 0.5) is 10.1 Å². The van der Waals surface area contributed by atoms with E-state index in [9.17, 15) is 9.18 Å². The molecule has 6 nitrogen and oxygen atoms in total. The zero-order valence-corrected chi connectivity index (χ0v) is 14.4. The number of carbonyl (C=O) groups is 1. The van der Waals surface area contributed by atoms with E-state index in [0.29, 0.717) is 23.8 Å². The molecule has 0 N–H and O–H groups in total. The Morgan fingerprint density at radius 2 is 2.08 bits per heavy atom. The number of benzene rings is 2. The molecular formula is C19H18FN3O3. The van der Waals surface area contributed by atoms with E-state index in [0.717, 1.165) is 10.6 Å². The second-order valence-corrected chi connectivity index (χ2v) is 6.19. The number of amides is 1. The quantitative estimate of drug-likeness (QED) is 0.794. The van der Waals surface area contributed by atoms with Crippen molar-refractivity contribution in [3.05, 3.63) is 59.9 Å². The van der Waals surface area contributed by atoms with Gasteiger partial charge in [-0.2, -0.15) is 5.10 Å². The first-order valence-corrected chi connectivity index (χ1v) is 8.27. The molecule has 2 aliphatic heterocycles. The van der Waals surface area contributed by atoms with Crippen molar-refractivity contribution in [1.29, 1.82) is 0 Å². The lowest BCUT2D eigenvalue weighted by molar-refractivity contribution is -0.160. The zero-order chi connectivity index (χ0) is 18.3. The molecule has 4 rings (SSSR count). The van der Waals surface area contributed by atoms with Gasteiger partial charge in [0.05, 0.1) is 19.1 Å². The Labute approximate surface area is 150 Å². The Bertz CT molecular complexity index is 872. The van der Waals surface area contributed by atoms with Crippen molar-refractivity contribution in [2.45, 2.75) is 12.0 Å². The molecule has 0 fully saturated rings. The zero-order valence-electron chi connectivity index (χ0n) is 14.4. The van der Waals surface area contributed by atoms with Gasteiger partial charge in [-0.15, -0.1) is 0 Å². The van der Waals surface area contributed by atoms with E-state index in [4.69, 9.17) is 9.57 Å². The van der Waals surface area contributed by atoms with Gasteiger partial charge in [-0.05, 0) is 17.7 Å². The fourth-order valence-electron chi connectivity index (χ4n) is 3.40. The van der Waals surface area contributed by atoms with Crippen molar-refractivity contribution < 1.29 is 18.8 Å². The van der Waals surface area contributed by atoms with E-state index in [2.05, 4.69) is 5.10 Å². The standard InChI is InChI=1S/C19H18FN3O3/c1-22(25-2)19(24)18-17(12-6-4-3-5-7-12)15-11-26-16-9-8-13(20)10-14(16)23(15)21-18/h3-10,15,17H,11H2,1-2H3/t15-,17+/m1/s1. The SMILES string of the molecule is CON(C)C(=O)C1=NN2c3cc(F)ccc3OC[C@@H]2[C@@H]1c1ccccc1. The molecule has 2 aliphatic rings. The molecular weight excluding hydrogens is 337 g/mol. The number of carbonyl (C=O) groups excluding carboxylic acids is 1. The van der Waals surface area contributed by atoms with E-state index < -0.39 is 0 Å². The van der Waals surface area contributed by atoms with E-state index in [1.54, 1.807) is 11.1 Å². The summed E-state index contributed by atoms with van der Waals surface area (Å²) < 4.78 is 19.6. The first-order valence-electron chi connectivity index (χ1n) is 8.27. The first-order chi connectivity index (χ1) is 12.6. The minimum Gasteiger partial charge on any atom is -0.489 e. The van der Waals surface area contributed by atoms with E-state index in [1.165, 1.54) is 26.3 Å². The van der Waals surface area contributed by atoms with Gasteiger partial charge in [0.25, 0.3) is 5.91 Å². The number of hydroxylamine groups is 2. The third kappa shape index (κ3) is 2.61. The summed E-state index contributed by atoms with van der Waals surface area (Å²) in [7, 11) is 2.96. The maximum Gasteiger partial charge on any atom is 0.294 e. The fourth-order valence-corrected chi connectivity index (χ4v) is 3.40. The highest BCUT2D eigenvalue weighted by Crippen LogP contribution is 2.43. The summed E-state index contributed by atoms with van der Waals surface area (Å²) in [4.78, 5) is 17.9. The van der Waals surface area contributed by atoms with Crippen LogP contribution in [-0.4, -0.2) is 43.5 Å². The third-order valence-corrected chi connectivity index (χ3v) is 4.72. The van der Waals surface area contributed by atoms with Crippen LogP contribution in [0.3, 0.4) is 0 Å². The Morgan fingerprint density at radius 3 is 2.81 bits per heavy atom. The van der Waals surface area contributed by atoms with Crippen LogP contribution in [0.15, 0.2) is 53.6 Å². The molecule has 0 aromatic heterocycles. The maximum atomic E-state index is 13.8. The van der Waals surface area contributed by atoms with Crippen LogP contribution in [0.1, 0.15) is 11.5 Å². The fraction of sp³-hybridized carbons (Fsp3) is 0.263. The molecule has 0 radical (unpaired) electrons. The molecule has 2 aromatic carbocycles. The number of hydrazone groups is 1. The number of fused-ring (bicyclic) bond motifs is 3. The molecule has 0 spiro atoms. The molecule has 0 unspecified atom stereocenters. The average Bonchev–Trinajstić information content (AvgIpc) is 3.07. The number of ether oxygens (including phenoxy) is 1. The van der Waals surface area contributed by atoms with Gasteiger partial charge in [-0.3, -0.25) is 14.6 Å². The normalized spacial score (nSPS) is 20.7. The van der Waals surface area contributed by atoms with E-state index in [1.807, 2.05) is 30.3 Å². The number of hydrogen-bond donors (Lipinski definition) is 0. The Kier molecular flexibility index (Phi) is 4.08. The van der Waals surface area contributed by atoms with Gasteiger partial charge in [0.15, 0.2) is 0 Å². The number of halogens is 1. The highest BCUT2D eigenvalue weighted by Gasteiger charge is 2.46. The second-order valence-electron chi connectivity index (χ2n) is 6.19. The first kappa shape index (κ1) is 16.5. The number of anilines is 1. The molecule has 0 bridgehead atoms. The monoisotopic (exact) mass is 355 g/mol. The largest absolute Gasteiger partial charge is 0.489 e. The lowest BCUT2D eigenvalue weighted by Crippen LogP contribution is -2.42. The smallest absolute Gasteiger partial charge is 0.294 e. The van der Waals surface area contributed by atoms with E-state index >= 15 is 0 Å². The van der Waals surface area contributed by atoms with Gasteiger partial charge in [0.1, 0.15) is 29.6 Å². The summed E-state index contributed by atoms with van der Waals surface area (Å²) in [6, 6.07) is 13.7. The van der Waals surface area contributed by atoms with Crippen molar-refractivity contribution >= 4 is 17.3 Å². The van der Waals surface area contributed by atoms with Crippen molar-refractivity contribution in [2.24, 2.45) is 5.10 Å². The summed E-state index contributed by atoms with van der Waals surface area (Å²) in [6.07, 6.45) is 0. The number of hydrogen-bond acceptors (Lipinski definition) is 5. The molecule has 2 aromatic rings. The van der Waals surface area contributed by atoms with Crippen LogP contribution in [0.2, 0.25) is 0 Å². The molecule has 26 heavy (non-hydrogen) atoms. The highest BCUT2D eigenvalue weighted by molar-refractivity contribution is 6.41. The van der Waals surface area contributed by atoms with Gasteiger partial charge in [0, 0.05) is 13.1 Å². The van der Waals surface area contributed by atoms with Crippen LogP contribution >= 0.6 is 0 Å². The second kappa shape index (κ2) is 6.42. The minimum atomic E-state index is -0.381. The van der Waals surface area contributed by atoms with Crippen LogP contribution in [0.25, 0.3) is 0 Å². The predicted octanol–water partition coefficient (Wildman–Crippen LogP) is 2.57. The summed E-state index contributed by atoms with van der Waals surface area (Å²) in [5.41, 5.74) is 1.80. The maximum absolute atomic E-state index is 13.8. The Morgan fingerprint density at radius 1 is 1.31 bits per heavy atom. The molecule has 1 amide bonds. The summed E-state index contributed by atoms with van der Waals surface area (Å²) in [5, 5.41) is 7.38. The molecule has 0 saturated heterocycles. The number of nitrogens with zero attached hydrogens (tertiary/aromatic N) is 3. The van der Waals surface area contributed by atoms with Crippen LogP contribution in [-0.2, 0) is 9.63 Å². The topological polar surface area (TPSA) is 54.4 Å². The van der Waals surface area contributed by atoms with Crippen molar-refractivity contribution in [1.82, 2.24) is 5.06 Å². The van der Waals surface area contributed by atoms with Crippen molar-refractivity contribution in [2.75, 3.05) is 25.8 Å². The summed E-state index contributed by atoms with van der Waals surface area (Å²) in [6.45, 7) is 0.342. The molecule has 0 aliphatic carbocycles. The van der Waals surface area contributed by atoms with Crippen LogP contribution in [0.5, 0.6) is 5.75 Å². The lowest BCUT2D eigenvalue weighted by Gasteiger charge is -2.33. The minimum absolute atomic E-state index is 0.240. The van der Waals surface area contributed by atoms with Gasteiger partial charge in [0.2, 0.25) is 0 Å². The Hall–Kier alpha value is -2.93. The Balaban J connectivity index is 1.82. The molecule has 2 heterocycles. The number of rotatable bonds is 3. The summed E-state index contributed by atoms with van der Waals surface area (Å²) >= 11 is 0. The van der Waals surface area contributed by atoms with Crippen molar-refractivity contribution in [3.63, 3.8) is 0 Å². The van der Waals surface area contributed by atoms with E-state index in [-0.39, 0.29) is 23.7 Å². The predicted molar refractivity (Wildman–Crippen MR) is 94.6 cm³/mol. The molecule has 0 saturated carbocycles. The molecule has 2 atom stereocenters. The van der Waals surface area contributed by atoms with Gasteiger partial charge < -0.3 is 4.74 Å². The summed E-state index contributed by atoms with van der Waals surface area (Å²) in [5.74, 6) is -0.480. The van der Waals surface area contributed by atoms with Crippen LogP contribution < -0.4 is 9.75 Å². The van der Waals surface area contributed by atoms with Crippen molar-refractivity contribution in [3.8, 4) is 5.75 Å². The van der Waals surface area contributed by atoms with Gasteiger partial charge >= 0.3 is 0 Å². The third-order valence-electron chi connectivity index (χ3n) is 4.72. The molecule has 7 heteroatoms. The highest BCUT2D eigenvalue weighted by atomic mass is 19.1. The molecule has 134 valence electrons.